The van der Waals surface area contributed by atoms with Gasteiger partial charge in [0.15, 0.2) is 0 Å². The highest BCUT2D eigenvalue weighted by Crippen LogP contribution is 2.21. The number of benzene rings is 1. The fourth-order valence-corrected chi connectivity index (χ4v) is 2.56. The molecule has 0 fully saturated rings. The van der Waals surface area contributed by atoms with E-state index < -0.39 is 0 Å². The third-order valence-electron chi connectivity index (χ3n) is 3.38. The summed E-state index contributed by atoms with van der Waals surface area (Å²) in [5.74, 6) is 0.786. The lowest BCUT2D eigenvalue weighted by Crippen LogP contribution is -2.40. The number of hydrogen-bond acceptors (Lipinski definition) is 2. The number of amides is 1. The lowest BCUT2D eigenvalue weighted by molar-refractivity contribution is 0.0745. The molecule has 0 saturated carbocycles. The van der Waals surface area contributed by atoms with Crippen molar-refractivity contribution in [1.82, 2.24) is 4.90 Å². The third kappa shape index (κ3) is 2.72. The Morgan fingerprint density at radius 3 is 2.83 bits per heavy atom. The van der Waals surface area contributed by atoms with Crippen molar-refractivity contribution in [1.29, 1.82) is 0 Å². The summed E-state index contributed by atoms with van der Waals surface area (Å²) in [7, 11) is 0. The number of carbonyl (C=O) groups is 1. The van der Waals surface area contributed by atoms with Gasteiger partial charge >= 0.3 is 0 Å². The van der Waals surface area contributed by atoms with Gasteiger partial charge in [0.05, 0.1) is 0 Å². The molecule has 98 valence electrons. The molecule has 3 heteroatoms. The smallest absolute Gasteiger partial charge is 0.254 e. The average Bonchev–Trinajstić information content (AvgIpc) is 2.32. The van der Waals surface area contributed by atoms with Crippen LogP contribution in [-0.2, 0) is 12.8 Å². The van der Waals surface area contributed by atoms with Gasteiger partial charge in [-0.25, -0.2) is 0 Å². The zero-order valence-electron chi connectivity index (χ0n) is 11.3. The minimum atomic E-state index is 0.137. The van der Waals surface area contributed by atoms with E-state index in [1.54, 1.807) is 0 Å². The van der Waals surface area contributed by atoms with E-state index in [1.807, 2.05) is 11.0 Å². The topological polar surface area (TPSA) is 46.3 Å². The fraction of sp³-hybridized carbons (Fsp3) is 0.533. The van der Waals surface area contributed by atoms with Crippen molar-refractivity contribution in [2.24, 2.45) is 11.7 Å². The molecule has 3 nitrogen and oxygen atoms in total. The van der Waals surface area contributed by atoms with Crippen LogP contribution in [0.2, 0.25) is 0 Å². The first-order valence-electron chi connectivity index (χ1n) is 6.73. The van der Waals surface area contributed by atoms with E-state index in [4.69, 9.17) is 5.73 Å². The van der Waals surface area contributed by atoms with Gasteiger partial charge in [-0.2, -0.15) is 0 Å². The highest BCUT2D eigenvalue weighted by molar-refractivity contribution is 5.96. The molecular formula is C15H22N2O. The number of nitrogens with zero attached hydrogens (tertiary/aromatic N) is 1. The summed E-state index contributed by atoms with van der Waals surface area (Å²) in [5, 5.41) is 0. The first kappa shape index (κ1) is 13.1. The zero-order valence-corrected chi connectivity index (χ0v) is 11.3. The molecule has 0 atom stereocenters. The Morgan fingerprint density at radius 2 is 2.17 bits per heavy atom. The zero-order chi connectivity index (χ0) is 13.1. The average molecular weight is 246 g/mol. The minimum Gasteiger partial charge on any atom is -0.337 e. The molecule has 1 aliphatic heterocycles. The van der Waals surface area contributed by atoms with Gasteiger partial charge in [-0.15, -0.1) is 0 Å². The van der Waals surface area contributed by atoms with Crippen molar-refractivity contribution in [3.05, 3.63) is 34.9 Å². The normalized spacial score (nSPS) is 15.1. The van der Waals surface area contributed by atoms with Crippen molar-refractivity contribution in [3.63, 3.8) is 0 Å². The van der Waals surface area contributed by atoms with E-state index in [9.17, 15) is 4.79 Å². The Bertz CT molecular complexity index is 440. The molecule has 0 spiro atoms. The Hall–Kier alpha value is -1.35. The SMILES string of the molecule is CC(C)Cc1ccc2c(c1)CCN(CCN)C2=O. The third-order valence-corrected chi connectivity index (χ3v) is 3.38. The summed E-state index contributed by atoms with van der Waals surface area (Å²) in [6, 6.07) is 6.27. The predicted octanol–water partition coefficient (Wildman–Crippen LogP) is 1.84. The fourth-order valence-electron chi connectivity index (χ4n) is 2.56. The van der Waals surface area contributed by atoms with Crippen LogP contribution in [0, 0.1) is 5.92 Å². The molecule has 0 unspecified atom stereocenters. The van der Waals surface area contributed by atoms with Crippen molar-refractivity contribution in [3.8, 4) is 0 Å². The standard InChI is InChI=1S/C15H22N2O/c1-11(2)9-12-3-4-14-13(10-12)5-7-17(8-6-16)15(14)18/h3-4,10-11H,5-9,16H2,1-2H3. The number of fused-ring (bicyclic) bond motifs is 1. The van der Waals surface area contributed by atoms with Crippen LogP contribution < -0.4 is 5.73 Å². The summed E-state index contributed by atoms with van der Waals surface area (Å²) < 4.78 is 0. The molecule has 0 saturated heterocycles. The Morgan fingerprint density at radius 1 is 1.39 bits per heavy atom. The summed E-state index contributed by atoms with van der Waals surface area (Å²) in [6.45, 7) is 6.42. The maximum absolute atomic E-state index is 12.2. The van der Waals surface area contributed by atoms with Crippen LogP contribution in [0.25, 0.3) is 0 Å². The minimum absolute atomic E-state index is 0.137. The summed E-state index contributed by atoms with van der Waals surface area (Å²) in [4.78, 5) is 14.1. The molecule has 1 aliphatic rings. The van der Waals surface area contributed by atoms with Crippen molar-refractivity contribution < 1.29 is 4.79 Å². The molecule has 0 aromatic heterocycles. The van der Waals surface area contributed by atoms with Gasteiger partial charge < -0.3 is 10.6 Å². The van der Waals surface area contributed by atoms with E-state index >= 15 is 0 Å². The Labute approximate surface area is 109 Å². The van der Waals surface area contributed by atoms with Gasteiger partial charge in [-0.1, -0.05) is 26.0 Å². The van der Waals surface area contributed by atoms with E-state index in [2.05, 4.69) is 26.0 Å². The lowest BCUT2D eigenvalue weighted by atomic mass is 9.93. The van der Waals surface area contributed by atoms with Gasteiger partial charge in [-0.05, 0) is 36.0 Å². The van der Waals surface area contributed by atoms with Crippen LogP contribution >= 0.6 is 0 Å². The number of nitrogens with two attached hydrogens (primary N) is 1. The molecule has 0 radical (unpaired) electrons. The van der Waals surface area contributed by atoms with Crippen LogP contribution in [0.15, 0.2) is 18.2 Å². The molecule has 1 aromatic rings. The van der Waals surface area contributed by atoms with Gasteiger partial charge in [0.1, 0.15) is 0 Å². The summed E-state index contributed by atoms with van der Waals surface area (Å²) in [6.07, 6.45) is 2.03. The Balaban J connectivity index is 2.21. The predicted molar refractivity (Wildman–Crippen MR) is 73.6 cm³/mol. The highest BCUT2D eigenvalue weighted by atomic mass is 16.2. The maximum atomic E-state index is 12.2. The molecule has 18 heavy (non-hydrogen) atoms. The second-order valence-electron chi connectivity index (χ2n) is 5.42. The molecule has 1 amide bonds. The number of rotatable bonds is 4. The van der Waals surface area contributed by atoms with Crippen LogP contribution in [-0.4, -0.2) is 30.4 Å². The quantitative estimate of drug-likeness (QED) is 0.881. The Kier molecular flexibility index (Phi) is 4.02. The second kappa shape index (κ2) is 5.53. The van der Waals surface area contributed by atoms with Crippen LogP contribution in [0.5, 0.6) is 0 Å². The van der Waals surface area contributed by atoms with Gasteiger partial charge in [-0.3, -0.25) is 4.79 Å². The van der Waals surface area contributed by atoms with Gasteiger partial charge in [0.25, 0.3) is 5.91 Å². The molecule has 0 bridgehead atoms. The van der Waals surface area contributed by atoms with Crippen molar-refractivity contribution in [2.45, 2.75) is 26.7 Å². The maximum Gasteiger partial charge on any atom is 0.254 e. The van der Waals surface area contributed by atoms with E-state index in [0.29, 0.717) is 19.0 Å². The second-order valence-corrected chi connectivity index (χ2v) is 5.42. The van der Waals surface area contributed by atoms with E-state index in [0.717, 1.165) is 24.9 Å². The van der Waals surface area contributed by atoms with E-state index in [-0.39, 0.29) is 5.91 Å². The van der Waals surface area contributed by atoms with E-state index in [1.165, 1.54) is 11.1 Å². The molecule has 2 rings (SSSR count). The van der Waals surface area contributed by atoms with Crippen LogP contribution in [0.3, 0.4) is 0 Å². The molecule has 1 aromatic carbocycles. The largest absolute Gasteiger partial charge is 0.337 e. The highest BCUT2D eigenvalue weighted by Gasteiger charge is 2.23. The molecule has 2 N–H and O–H groups in total. The monoisotopic (exact) mass is 246 g/mol. The molecule has 1 heterocycles. The number of hydrogen-bond donors (Lipinski definition) is 1. The first-order valence-corrected chi connectivity index (χ1v) is 6.73. The van der Waals surface area contributed by atoms with Crippen molar-refractivity contribution >= 4 is 5.91 Å². The molecule has 0 aliphatic carbocycles. The van der Waals surface area contributed by atoms with Gasteiger partial charge in [0.2, 0.25) is 0 Å². The number of carbonyl (C=O) groups excluding carboxylic acids is 1. The summed E-state index contributed by atoms with van der Waals surface area (Å²) >= 11 is 0. The summed E-state index contributed by atoms with van der Waals surface area (Å²) in [5.41, 5.74) is 8.93. The van der Waals surface area contributed by atoms with Crippen LogP contribution in [0.1, 0.15) is 35.3 Å². The lowest BCUT2D eigenvalue weighted by Gasteiger charge is -2.28. The van der Waals surface area contributed by atoms with Crippen molar-refractivity contribution in [2.75, 3.05) is 19.6 Å². The molecular weight excluding hydrogens is 224 g/mol. The first-order chi connectivity index (χ1) is 8.61. The van der Waals surface area contributed by atoms with Crippen LogP contribution in [0.4, 0.5) is 0 Å². The van der Waals surface area contributed by atoms with Gasteiger partial charge in [0, 0.05) is 25.2 Å².